The van der Waals surface area contributed by atoms with Gasteiger partial charge in [0.05, 0.1) is 19.1 Å². The summed E-state index contributed by atoms with van der Waals surface area (Å²) < 4.78 is 49.5. The van der Waals surface area contributed by atoms with Crippen LogP contribution in [0.3, 0.4) is 0 Å². The summed E-state index contributed by atoms with van der Waals surface area (Å²) in [7, 11) is 0. The van der Waals surface area contributed by atoms with Gasteiger partial charge in [-0.05, 0) is 12.3 Å². The van der Waals surface area contributed by atoms with Crippen LogP contribution in [0, 0.1) is 18.8 Å². The van der Waals surface area contributed by atoms with Gasteiger partial charge in [-0.1, -0.05) is 5.16 Å². The zero-order valence-electron chi connectivity index (χ0n) is 16.9. The van der Waals surface area contributed by atoms with Gasteiger partial charge < -0.3 is 19.5 Å². The highest BCUT2D eigenvalue weighted by molar-refractivity contribution is 5.76. The van der Waals surface area contributed by atoms with Crippen molar-refractivity contribution in [3.05, 3.63) is 29.8 Å². The van der Waals surface area contributed by atoms with E-state index in [0.717, 1.165) is 18.8 Å². The lowest BCUT2D eigenvalue weighted by Crippen LogP contribution is -2.43. The largest absolute Gasteiger partial charge is 0.433 e. The van der Waals surface area contributed by atoms with Crippen LogP contribution < -0.4 is 10.2 Å². The van der Waals surface area contributed by atoms with E-state index < -0.39 is 11.9 Å². The molecule has 0 aliphatic carbocycles. The Morgan fingerprint density at radius 3 is 2.94 bits per heavy atom. The lowest BCUT2D eigenvalue weighted by atomic mass is 9.83. The minimum atomic E-state index is -4.51. The first kappa shape index (κ1) is 21.5. The molecule has 31 heavy (non-hydrogen) atoms. The molecule has 3 atom stereocenters. The summed E-state index contributed by atoms with van der Waals surface area (Å²) in [5.74, 6) is 1.50. The number of aryl methyl sites for hydroxylation is 1. The van der Waals surface area contributed by atoms with E-state index in [1.807, 2.05) is 4.90 Å². The van der Waals surface area contributed by atoms with Gasteiger partial charge in [-0.3, -0.25) is 4.79 Å². The standard InChI is InChI=1S/C19H23F3N6O3/c1-11-26-16(27-31-11)2-4-23-18(29)6-14-13-3-5-28(8-12(13)9-30-14)17-7-15(19(20,21)22)24-10-25-17/h7,10,12-14H,2-6,8-9H2,1H3,(H,23,29)/t12-,13-,14+/m1/s1. The molecule has 2 saturated heterocycles. The average molecular weight is 440 g/mol. The van der Waals surface area contributed by atoms with Crippen molar-refractivity contribution >= 4 is 11.7 Å². The van der Waals surface area contributed by atoms with Gasteiger partial charge in [0.25, 0.3) is 0 Å². The molecular formula is C19H23F3N6O3. The number of nitrogens with zero attached hydrogens (tertiary/aromatic N) is 5. The van der Waals surface area contributed by atoms with Crippen LogP contribution >= 0.6 is 0 Å². The van der Waals surface area contributed by atoms with E-state index >= 15 is 0 Å². The number of nitrogens with one attached hydrogen (secondary N) is 1. The monoisotopic (exact) mass is 440 g/mol. The number of halogens is 3. The second-order valence-electron chi connectivity index (χ2n) is 7.82. The summed E-state index contributed by atoms with van der Waals surface area (Å²) in [6, 6.07) is 0.978. The lowest BCUT2D eigenvalue weighted by molar-refractivity contribution is -0.141. The number of fused-ring (bicyclic) bond motifs is 1. The van der Waals surface area contributed by atoms with Crippen LogP contribution in [0.5, 0.6) is 0 Å². The molecule has 12 heteroatoms. The fraction of sp³-hybridized carbons (Fsp3) is 0.632. The predicted molar refractivity (Wildman–Crippen MR) is 101 cm³/mol. The number of piperidine rings is 1. The zero-order chi connectivity index (χ0) is 22.0. The fourth-order valence-electron chi connectivity index (χ4n) is 4.19. The maximum Gasteiger partial charge on any atom is 0.433 e. The Hall–Kier alpha value is -2.76. The summed E-state index contributed by atoms with van der Waals surface area (Å²) >= 11 is 0. The Morgan fingerprint density at radius 2 is 2.19 bits per heavy atom. The highest BCUT2D eigenvalue weighted by Crippen LogP contribution is 2.37. The van der Waals surface area contributed by atoms with Crippen molar-refractivity contribution in [2.24, 2.45) is 11.8 Å². The van der Waals surface area contributed by atoms with Crippen LogP contribution in [0.2, 0.25) is 0 Å². The van der Waals surface area contributed by atoms with Crippen LogP contribution in [-0.4, -0.2) is 58.4 Å². The van der Waals surface area contributed by atoms with E-state index in [2.05, 4.69) is 25.4 Å². The van der Waals surface area contributed by atoms with Crippen molar-refractivity contribution in [3.63, 3.8) is 0 Å². The summed E-state index contributed by atoms with van der Waals surface area (Å²) in [5.41, 5.74) is -0.951. The molecule has 0 bridgehead atoms. The molecule has 2 aliphatic heterocycles. The van der Waals surface area contributed by atoms with E-state index in [1.165, 1.54) is 0 Å². The third-order valence-corrected chi connectivity index (χ3v) is 5.69. The van der Waals surface area contributed by atoms with Gasteiger partial charge >= 0.3 is 6.18 Å². The maximum atomic E-state index is 12.9. The number of rotatable bonds is 6. The van der Waals surface area contributed by atoms with E-state index in [-0.39, 0.29) is 36.1 Å². The topological polar surface area (TPSA) is 106 Å². The van der Waals surface area contributed by atoms with Gasteiger partial charge in [0.2, 0.25) is 11.8 Å². The summed E-state index contributed by atoms with van der Waals surface area (Å²) in [4.78, 5) is 25.5. The van der Waals surface area contributed by atoms with E-state index in [4.69, 9.17) is 9.26 Å². The van der Waals surface area contributed by atoms with Crippen molar-refractivity contribution in [1.29, 1.82) is 0 Å². The van der Waals surface area contributed by atoms with E-state index in [0.29, 0.717) is 44.4 Å². The first-order valence-corrected chi connectivity index (χ1v) is 10.1. The third kappa shape index (κ3) is 5.12. The molecular weight excluding hydrogens is 417 g/mol. The molecule has 2 fully saturated rings. The second kappa shape index (κ2) is 8.77. The molecule has 1 amide bonds. The first-order valence-electron chi connectivity index (χ1n) is 10.1. The molecule has 0 spiro atoms. The number of hydrogen-bond acceptors (Lipinski definition) is 8. The van der Waals surface area contributed by atoms with Crippen LogP contribution in [0.25, 0.3) is 0 Å². The van der Waals surface area contributed by atoms with Gasteiger partial charge in [-0.15, -0.1) is 0 Å². The molecule has 2 aliphatic rings. The number of ether oxygens (including phenoxy) is 1. The number of anilines is 1. The number of alkyl halides is 3. The first-order chi connectivity index (χ1) is 14.8. The molecule has 9 nitrogen and oxygen atoms in total. The highest BCUT2D eigenvalue weighted by Gasteiger charge is 2.42. The van der Waals surface area contributed by atoms with E-state index in [1.54, 1.807) is 6.92 Å². The van der Waals surface area contributed by atoms with Crippen LogP contribution in [0.15, 0.2) is 16.9 Å². The number of carbonyl (C=O) groups is 1. The van der Waals surface area contributed by atoms with Gasteiger partial charge in [0.1, 0.15) is 17.8 Å². The Morgan fingerprint density at radius 1 is 1.35 bits per heavy atom. The molecule has 0 unspecified atom stereocenters. The number of aromatic nitrogens is 4. The Balaban J connectivity index is 1.27. The minimum Gasteiger partial charge on any atom is -0.377 e. The van der Waals surface area contributed by atoms with Crippen LogP contribution in [0.1, 0.15) is 30.3 Å². The molecule has 0 radical (unpaired) electrons. The Bertz CT molecular complexity index is 921. The van der Waals surface area contributed by atoms with Crippen LogP contribution in [0.4, 0.5) is 19.0 Å². The summed E-state index contributed by atoms with van der Waals surface area (Å²) in [6.45, 7) is 3.66. The van der Waals surface area contributed by atoms with Crippen molar-refractivity contribution in [3.8, 4) is 0 Å². The fourth-order valence-corrected chi connectivity index (χ4v) is 4.19. The average Bonchev–Trinajstić information content (AvgIpc) is 3.33. The predicted octanol–water partition coefficient (Wildman–Crippen LogP) is 1.78. The minimum absolute atomic E-state index is 0.112. The Kier molecular flexibility index (Phi) is 6.08. The molecule has 0 saturated carbocycles. The summed E-state index contributed by atoms with van der Waals surface area (Å²) in [6.07, 6.45) is -2.31. The second-order valence-corrected chi connectivity index (χ2v) is 7.82. The van der Waals surface area contributed by atoms with Gasteiger partial charge in [0.15, 0.2) is 5.82 Å². The van der Waals surface area contributed by atoms with Gasteiger partial charge in [0, 0.05) is 45.0 Å². The summed E-state index contributed by atoms with van der Waals surface area (Å²) in [5, 5.41) is 6.63. The van der Waals surface area contributed by atoms with Crippen molar-refractivity contribution in [2.75, 3.05) is 31.1 Å². The molecule has 168 valence electrons. The number of carbonyl (C=O) groups excluding carboxylic acids is 1. The van der Waals surface area contributed by atoms with Crippen molar-refractivity contribution in [2.45, 2.75) is 38.5 Å². The maximum absolute atomic E-state index is 12.9. The molecule has 0 aromatic carbocycles. The highest BCUT2D eigenvalue weighted by atomic mass is 19.4. The lowest BCUT2D eigenvalue weighted by Gasteiger charge is -2.36. The van der Waals surface area contributed by atoms with Crippen molar-refractivity contribution in [1.82, 2.24) is 25.4 Å². The Labute approximate surface area is 176 Å². The number of hydrogen-bond donors (Lipinski definition) is 1. The zero-order valence-corrected chi connectivity index (χ0v) is 16.9. The molecule has 4 rings (SSSR count). The normalized spacial score (nSPS) is 23.6. The molecule has 2 aromatic rings. The molecule has 2 aromatic heterocycles. The van der Waals surface area contributed by atoms with Crippen molar-refractivity contribution < 1.29 is 27.2 Å². The number of amides is 1. The molecule has 1 N–H and O–H groups in total. The van der Waals surface area contributed by atoms with Gasteiger partial charge in [-0.2, -0.15) is 18.2 Å². The van der Waals surface area contributed by atoms with Gasteiger partial charge in [-0.25, -0.2) is 9.97 Å². The third-order valence-electron chi connectivity index (χ3n) is 5.69. The van der Waals surface area contributed by atoms with E-state index in [9.17, 15) is 18.0 Å². The SMILES string of the molecule is Cc1nc(CCNC(=O)C[C@@H]2OC[C@H]3CN(c4cc(C(F)(F)F)ncn4)CC[C@H]32)no1. The van der Waals surface area contributed by atoms with Crippen LogP contribution in [-0.2, 0) is 22.1 Å². The quantitative estimate of drug-likeness (QED) is 0.725. The smallest absolute Gasteiger partial charge is 0.377 e. The molecule has 4 heterocycles.